The normalized spacial score (nSPS) is 12.2. The van der Waals surface area contributed by atoms with Crippen LogP contribution in [0.4, 0.5) is 0 Å². The lowest BCUT2D eigenvalue weighted by atomic mass is 9.92. The third-order valence-corrected chi connectivity index (χ3v) is 5.40. The molecular weight excluding hydrogens is 446 g/mol. The molecule has 0 aliphatic rings. The van der Waals surface area contributed by atoms with E-state index in [0.717, 1.165) is 30.4 Å². The number of nitrogens with zero attached hydrogens (tertiary/aromatic N) is 1. The summed E-state index contributed by atoms with van der Waals surface area (Å²) in [6.07, 6.45) is 8.20. The number of pyridine rings is 1. The van der Waals surface area contributed by atoms with Gasteiger partial charge >= 0.3 is 0 Å². The van der Waals surface area contributed by atoms with Crippen molar-refractivity contribution in [1.29, 1.82) is 0 Å². The highest BCUT2D eigenvalue weighted by Gasteiger charge is 2.25. The van der Waals surface area contributed by atoms with Gasteiger partial charge in [0.2, 0.25) is 5.91 Å². The Bertz CT molecular complexity index is 954. The Hall–Kier alpha value is -3.25. The highest BCUT2D eigenvalue weighted by Crippen LogP contribution is 2.16. The van der Waals surface area contributed by atoms with Gasteiger partial charge in [-0.25, -0.2) is 5.48 Å². The minimum Gasteiger partial charge on any atom is -0.359 e. The fraction of sp³-hybridized carbons (Fsp3) is 0.444. The van der Waals surface area contributed by atoms with Crippen LogP contribution in [0.25, 0.3) is 0 Å². The Morgan fingerprint density at radius 1 is 1.17 bits per heavy atom. The van der Waals surface area contributed by atoms with Crippen LogP contribution in [0.5, 0.6) is 0 Å². The molecule has 3 N–H and O–H groups in total. The zero-order valence-corrected chi connectivity index (χ0v) is 20.5. The van der Waals surface area contributed by atoms with E-state index >= 15 is 0 Å². The first-order valence-corrected chi connectivity index (χ1v) is 11.9. The minimum atomic E-state index is -0.606. The Morgan fingerprint density at radius 2 is 1.97 bits per heavy atom. The lowest BCUT2D eigenvalue weighted by Crippen LogP contribution is -2.42. The highest BCUT2D eigenvalue weighted by molar-refractivity contribution is 5.94. The molecule has 35 heavy (non-hydrogen) atoms. The van der Waals surface area contributed by atoms with E-state index in [-0.39, 0.29) is 25.7 Å². The second-order valence-corrected chi connectivity index (χ2v) is 8.26. The van der Waals surface area contributed by atoms with Crippen LogP contribution < -0.4 is 10.8 Å². The van der Waals surface area contributed by atoms with Crippen LogP contribution >= 0.6 is 0 Å². The van der Waals surface area contributed by atoms with Crippen LogP contribution in [0.2, 0.25) is 0 Å². The van der Waals surface area contributed by atoms with Gasteiger partial charge in [-0.1, -0.05) is 37.7 Å². The predicted octanol–water partition coefficient (Wildman–Crippen LogP) is 3.49. The van der Waals surface area contributed by atoms with Crippen molar-refractivity contribution in [1.82, 2.24) is 15.8 Å². The van der Waals surface area contributed by atoms with Gasteiger partial charge in [-0.2, -0.15) is 0 Å². The monoisotopic (exact) mass is 481 g/mol. The summed E-state index contributed by atoms with van der Waals surface area (Å²) in [5, 5.41) is 12.2. The van der Waals surface area contributed by atoms with Crippen molar-refractivity contribution in [2.45, 2.75) is 51.5 Å². The van der Waals surface area contributed by atoms with E-state index in [2.05, 4.69) is 29.1 Å². The van der Waals surface area contributed by atoms with Gasteiger partial charge in [0, 0.05) is 43.0 Å². The summed E-state index contributed by atoms with van der Waals surface area (Å²) in [6.45, 7) is 2.36. The molecule has 1 heterocycles. The van der Waals surface area contributed by atoms with Crippen molar-refractivity contribution in [3.05, 3.63) is 65.5 Å². The summed E-state index contributed by atoms with van der Waals surface area (Å²) in [5.74, 6) is 4.85. The highest BCUT2D eigenvalue weighted by atomic mass is 16.7. The van der Waals surface area contributed by atoms with Gasteiger partial charge in [0.15, 0.2) is 0 Å². The van der Waals surface area contributed by atoms with Crippen LogP contribution in [0, 0.1) is 17.8 Å². The maximum absolute atomic E-state index is 12.9. The number of hydroxylamine groups is 1. The fourth-order valence-electron chi connectivity index (χ4n) is 3.57. The van der Waals surface area contributed by atoms with E-state index in [1.165, 1.54) is 13.5 Å². The molecule has 0 radical (unpaired) electrons. The van der Waals surface area contributed by atoms with E-state index in [1.807, 2.05) is 18.2 Å². The Balaban J connectivity index is 2.06. The van der Waals surface area contributed by atoms with Gasteiger partial charge in [0.25, 0.3) is 5.91 Å². The second kappa shape index (κ2) is 16.4. The van der Waals surface area contributed by atoms with Crippen LogP contribution in [-0.2, 0) is 20.7 Å². The van der Waals surface area contributed by atoms with E-state index in [4.69, 9.17) is 9.47 Å². The molecule has 0 saturated carbocycles. The van der Waals surface area contributed by atoms with E-state index in [9.17, 15) is 14.8 Å². The Morgan fingerprint density at radius 3 is 2.63 bits per heavy atom. The molecule has 0 aliphatic heterocycles. The van der Waals surface area contributed by atoms with Crippen molar-refractivity contribution < 1.29 is 24.3 Å². The first-order chi connectivity index (χ1) is 17.1. The third kappa shape index (κ3) is 10.7. The number of amides is 2. The zero-order valence-electron chi connectivity index (χ0n) is 20.5. The number of hydrogen-bond acceptors (Lipinski definition) is 6. The molecule has 0 aliphatic carbocycles. The largest absolute Gasteiger partial charge is 0.359 e. The maximum atomic E-state index is 12.9. The summed E-state index contributed by atoms with van der Waals surface area (Å²) in [6, 6.07) is 10.2. The van der Waals surface area contributed by atoms with Crippen LogP contribution in [0.15, 0.2) is 48.8 Å². The van der Waals surface area contributed by atoms with Crippen molar-refractivity contribution in [2.24, 2.45) is 5.92 Å². The number of ether oxygens (including phenoxy) is 2. The summed E-state index contributed by atoms with van der Waals surface area (Å²) >= 11 is 0. The summed E-state index contributed by atoms with van der Waals surface area (Å²) in [7, 11) is 1.51. The molecule has 8 nitrogen and oxygen atoms in total. The Kier molecular flexibility index (Phi) is 13.1. The maximum Gasteiger partial charge on any atom is 0.251 e. The van der Waals surface area contributed by atoms with Crippen LogP contribution in [0.3, 0.4) is 0 Å². The van der Waals surface area contributed by atoms with E-state index in [0.29, 0.717) is 12.0 Å². The molecule has 0 saturated heterocycles. The summed E-state index contributed by atoms with van der Waals surface area (Å²) < 4.78 is 10.4. The van der Waals surface area contributed by atoms with Gasteiger partial charge in [0.05, 0.1) is 12.6 Å². The van der Waals surface area contributed by atoms with Gasteiger partial charge in [0.1, 0.15) is 6.79 Å². The van der Waals surface area contributed by atoms with Crippen LogP contribution in [-0.4, -0.2) is 48.6 Å². The van der Waals surface area contributed by atoms with Crippen molar-refractivity contribution in [3.8, 4) is 11.8 Å². The molecule has 0 unspecified atom stereocenters. The predicted molar refractivity (Wildman–Crippen MR) is 133 cm³/mol. The molecule has 2 rings (SSSR count). The molecule has 2 amide bonds. The van der Waals surface area contributed by atoms with Crippen molar-refractivity contribution in [2.75, 3.05) is 20.5 Å². The topological polar surface area (TPSA) is 110 Å². The molecule has 0 fully saturated rings. The lowest BCUT2D eigenvalue weighted by Gasteiger charge is -2.23. The number of benzene rings is 1. The smallest absolute Gasteiger partial charge is 0.251 e. The lowest BCUT2D eigenvalue weighted by molar-refractivity contribution is -0.134. The van der Waals surface area contributed by atoms with Gasteiger partial charge < -0.3 is 14.8 Å². The number of rotatable bonds is 14. The van der Waals surface area contributed by atoms with Crippen molar-refractivity contribution in [3.63, 3.8) is 0 Å². The molecule has 2 aromatic rings. The molecule has 1 aromatic heterocycles. The number of aromatic nitrogens is 1. The molecule has 8 heteroatoms. The number of nitrogens with one attached hydrogen (secondary N) is 2. The van der Waals surface area contributed by atoms with Gasteiger partial charge in [-0.3, -0.25) is 19.8 Å². The number of methoxy groups -OCH3 is 1. The molecule has 1 aromatic carbocycles. The van der Waals surface area contributed by atoms with E-state index in [1.54, 1.807) is 36.1 Å². The number of hydrogen-bond donors (Lipinski definition) is 3. The number of carbonyl (C=O) groups excluding carboxylic acids is 2. The average molecular weight is 482 g/mol. The Labute approximate surface area is 207 Å². The molecule has 0 bridgehead atoms. The second-order valence-electron chi connectivity index (χ2n) is 8.26. The molecule has 188 valence electrons. The average Bonchev–Trinajstić information content (AvgIpc) is 2.88. The first kappa shape index (κ1) is 28.0. The summed E-state index contributed by atoms with van der Waals surface area (Å²) in [5.41, 5.74) is 3.91. The molecule has 2 atom stereocenters. The first-order valence-electron chi connectivity index (χ1n) is 11.9. The van der Waals surface area contributed by atoms with Crippen LogP contribution in [0.1, 0.15) is 60.5 Å². The fourth-order valence-corrected chi connectivity index (χ4v) is 3.57. The van der Waals surface area contributed by atoms with E-state index < -0.39 is 17.9 Å². The molecule has 0 spiro atoms. The van der Waals surface area contributed by atoms with Gasteiger partial charge in [-0.05, 0) is 55.2 Å². The quantitative estimate of drug-likeness (QED) is 0.125. The standard InChI is InChI=1S/C27H35N3O5/c1-3-4-5-6-7-9-21-11-13-23(14-12-21)26(31)29-25(19-35-20-34-2)17-24(27(32)30-33)16-22-10-8-15-28-18-22/h8,10-15,18,24-25,33H,3-6,16-17,19-20H2,1-2H3,(H,29,31)(H,30,32)/t24-,25-/m0/s1. The third-order valence-electron chi connectivity index (χ3n) is 5.40. The number of unbranched alkanes of at least 4 members (excludes halogenated alkanes) is 3. The number of carbonyl (C=O) groups is 2. The zero-order chi connectivity index (χ0) is 25.3. The molecular formula is C27H35N3O5. The summed E-state index contributed by atoms with van der Waals surface area (Å²) in [4.78, 5) is 29.3. The van der Waals surface area contributed by atoms with Crippen molar-refractivity contribution >= 4 is 11.8 Å². The minimum absolute atomic E-state index is 0.0530. The SMILES string of the molecule is CCCCCC#Cc1ccc(C(=O)N[C@H](COCOC)C[C@H](Cc2cccnc2)C(=O)NO)cc1. The van der Waals surface area contributed by atoms with Gasteiger partial charge in [-0.15, -0.1) is 0 Å².